The highest BCUT2D eigenvalue weighted by Crippen LogP contribution is 2.44. The molecular weight excluding hydrogens is 228 g/mol. The van der Waals surface area contributed by atoms with E-state index >= 15 is 0 Å². The monoisotopic (exact) mass is 248 g/mol. The third-order valence-electron chi connectivity index (χ3n) is 3.95. The van der Waals surface area contributed by atoms with E-state index in [9.17, 15) is 4.79 Å². The maximum Gasteiger partial charge on any atom is 0.303 e. The Bertz CT molecular complexity index is 420. The summed E-state index contributed by atoms with van der Waals surface area (Å²) in [5.41, 5.74) is 1.06. The van der Waals surface area contributed by atoms with Crippen molar-refractivity contribution in [2.45, 2.75) is 38.5 Å². The molecule has 1 fully saturated rings. The third-order valence-corrected chi connectivity index (χ3v) is 3.95. The summed E-state index contributed by atoms with van der Waals surface area (Å²) in [6, 6.07) is 7.92. The molecule has 0 unspecified atom stereocenters. The summed E-state index contributed by atoms with van der Waals surface area (Å²) in [5.74, 6) is 0.181. The lowest BCUT2D eigenvalue weighted by atomic mass is 9.77. The molecule has 0 spiro atoms. The second-order valence-electron chi connectivity index (χ2n) is 5.27. The van der Waals surface area contributed by atoms with Gasteiger partial charge in [0, 0.05) is 0 Å². The Morgan fingerprint density at radius 3 is 2.61 bits per heavy atom. The number of para-hydroxylation sites is 1. The largest absolute Gasteiger partial charge is 0.496 e. The van der Waals surface area contributed by atoms with Crippen LogP contribution in [0.25, 0.3) is 0 Å². The molecule has 0 radical (unpaired) electrons. The van der Waals surface area contributed by atoms with Gasteiger partial charge in [-0.2, -0.15) is 0 Å². The van der Waals surface area contributed by atoms with E-state index in [1.165, 1.54) is 0 Å². The number of carboxylic acid groups (broad SMARTS) is 1. The third kappa shape index (κ3) is 2.84. The number of methoxy groups -OCH3 is 1. The zero-order valence-electron chi connectivity index (χ0n) is 10.8. The summed E-state index contributed by atoms with van der Waals surface area (Å²) < 4.78 is 5.36. The van der Waals surface area contributed by atoms with E-state index in [-0.39, 0.29) is 11.8 Å². The molecule has 1 aliphatic carbocycles. The van der Waals surface area contributed by atoms with E-state index in [0.717, 1.165) is 43.4 Å². The van der Waals surface area contributed by atoms with E-state index in [2.05, 4.69) is 0 Å². The normalized spacial score (nSPS) is 17.6. The summed E-state index contributed by atoms with van der Waals surface area (Å²) in [5, 5.41) is 9.11. The predicted octanol–water partition coefficient (Wildman–Crippen LogP) is 3.27. The number of carboxylic acids is 1. The summed E-state index contributed by atoms with van der Waals surface area (Å²) in [6.45, 7) is 0. The molecule has 0 atom stereocenters. The van der Waals surface area contributed by atoms with Gasteiger partial charge in [-0.25, -0.2) is 0 Å². The average molecular weight is 248 g/mol. The van der Waals surface area contributed by atoms with Crippen molar-refractivity contribution < 1.29 is 14.6 Å². The molecule has 1 aromatic rings. The van der Waals surface area contributed by atoms with Crippen LogP contribution in [0.3, 0.4) is 0 Å². The highest BCUT2D eigenvalue weighted by Gasteiger charge is 2.36. The van der Waals surface area contributed by atoms with Crippen molar-refractivity contribution >= 4 is 5.97 Å². The van der Waals surface area contributed by atoms with E-state index in [4.69, 9.17) is 9.84 Å². The minimum absolute atomic E-state index is 0.0690. The van der Waals surface area contributed by atoms with Gasteiger partial charge in [0.2, 0.25) is 0 Å². The van der Waals surface area contributed by atoms with Crippen LogP contribution in [0.2, 0.25) is 0 Å². The van der Waals surface area contributed by atoms with E-state index < -0.39 is 5.97 Å². The van der Waals surface area contributed by atoms with E-state index in [0.29, 0.717) is 0 Å². The Hall–Kier alpha value is -1.51. The number of hydrogen-bond donors (Lipinski definition) is 1. The van der Waals surface area contributed by atoms with Gasteiger partial charge >= 0.3 is 5.97 Å². The molecule has 1 saturated carbocycles. The molecule has 0 saturated heterocycles. The first-order valence-electron chi connectivity index (χ1n) is 6.49. The van der Waals surface area contributed by atoms with Crippen LogP contribution in [0, 0.1) is 5.41 Å². The van der Waals surface area contributed by atoms with Gasteiger partial charge in [0.15, 0.2) is 0 Å². The van der Waals surface area contributed by atoms with Crippen molar-refractivity contribution in [1.29, 1.82) is 0 Å². The average Bonchev–Trinajstić information content (AvgIpc) is 2.77. The van der Waals surface area contributed by atoms with Gasteiger partial charge in [-0.15, -0.1) is 0 Å². The van der Waals surface area contributed by atoms with Crippen LogP contribution in [0.5, 0.6) is 5.75 Å². The van der Waals surface area contributed by atoms with Crippen molar-refractivity contribution in [2.24, 2.45) is 5.41 Å². The van der Waals surface area contributed by atoms with Crippen LogP contribution in [-0.2, 0) is 11.2 Å². The molecule has 18 heavy (non-hydrogen) atoms. The number of ether oxygens (including phenoxy) is 1. The molecule has 3 nitrogen and oxygen atoms in total. The standard InChI is InChI=1S/C15H20O3/c1-18-13-7-3-2-6-12(13)10-15(11-14(16)17)8-4-5-9-15/h2-3,6-7H,4-5,8-11H2,1H3,(H,16,17). The Labute approximate surface area is 108 Å². The molecule has 1 aliphatic rings. The molecule has 1 aromatic carbocycles. The molecule has 3 heteroatoms. The lowest BCUT2D eigenvalue weighted by molar-refractivity contribution is -0.139. The zero-order valence-corrected chi connectivity index (χ0v) is 10.8. The molecule has 0 aliphatic heterocycles. The molecule has 0 aromatic heterocycles. The van der Waals surface area contributed by atoms with Crippen LogP contribution in [0.1, 0.15) is 37.7 Å². The SMILES string of the molecule is COc1ccccc1CC1(CC(=O)O)CCCC1. The lowest BCUT2D eigenvalue weighted by Gasteiger charge is -2.28. The van der Waals surface area contributed by atoms with E-state index in [1.54, 1.807) is 7.11 Å². The number of rotatable bonds is 5. The Balaban J connectivity index is 2.20. The first kappa shape index (κ1) is 12.9. The first-order valence-corrected chi connectivity index (χ1v) is 6.49. The number of benzene rings is 1. The van der Waals surface area contributed by atoms with Gasteiger partial charge in [-0.1, -0.05) is 31.0 Å². The van der Waals surface area contributed by atoms with Crippen LogP contribution < -0.4 is 4.74 Å². The highest BCUT2D eigenvalue weighted by molar-refractivity contribution is 5.68. The van der Waals surface area contributed by atoms with Crippen molar-refractivity contribution in [2.75, 3.05) is 7.11 Å². The van der Waals surface area contributed by atoms with Crippen LogP contribution in [-0.4, -0.2) is 18.2 Å². The highest BCUT2D eigenvalue weighted by atomic mass is 16.5. The smallest absolute Gasteiger partial charge is 0.303 e. The summed E-state index contributed by atoms with van der Waals surface area (Å²) in [6.07, 6.45) is 5.38. The van der Waals surface area contributed by atoms with Gasteiger partial charge in [-0.05, 0) is 36.3 Å². The fourth-order valence-corrected chi connectivity index (χ4v) is 3.11. The maximum atomic E-state index is 11.1. The van der Waals surface area contributed by atoms with E-state index in [1.807, 2.05) is 24.3 Å². The first-order chi connectivity index (χ1) is 8.65. The number of aliphatic carboxylic acids is 1. The molecule has 2 rings (SSSR count). The van der Waals surface area contributed by atoms with Crippen LogP contribution in [0.4, 0.5) is 0 Å². The Morgan fingerprint density at radius 2 is 2.00 bits per heavy atom. The molecule has 98 valence electrons. The number of carbonyl (C=O) groups is 1. The topological polar surface area (TPSA) is 46.5 Å². The minimum atomic E-state index is -0.688. The molecular formula is C15H20O3. The Kier molecular flexibility index (Phi) is 3.90. The van der Waals surface area contributed by atoms with Gasteiger partial charge in [0.1, 0.15) is 5.75 Å². The van der Waals surface area contributed by atoms with Gasteiger partial charge < -0.3 is 9.84 Å². The maximum absolute atomic E-state index is 11.1. The molecule has 1 N–H and O–H groups in total. The van der Waals surface area contributed by atoms with Crippen LogP contribution in [0.15, 0.2) is 24.3 Å². The number of hydrogen-bond acceptors (Lipinski definition) is 2. The van der Waals surface area contributed by atoms with Crippen LogP contribution >= 0.6 is 0 Å². The second-order valence-corrected chi connectivity index (χ2v) is 5.27. The lowest BCUT2D eigenvalue weighted by Crippen LogP contribution is -2.24. The molecule has 0 bridgehead atoms. The summed E-state index contributed by atoms with van der Waals surface area (Å²) >= 11 is 0. The van der Waals surface area contributed by atoms with Crippen molar-refractivity contribution in [3.63, 3.8) is 0 Å². The fourth-order valence-electron chi connectivity index (χ4n) is 3.11. The summed E-state index contributed by atoms with van der Waals surface area (Å²) in [7, 11) is 1.66. The Morgan fingerprint density at radius 1 is 1.33 bits per heavy atom. The summed E-state index contributed by atoms with van der Waals surface area (Å²) in [4.78, 5) is 11.1. The zero-order chi connectivity index (χ0) is 13.0. The van der Waals surface area contributed by atoms with Crippen molar-refractivity contribution in [3.8, 4) is 5.75 Å². The van der Waals surface area contributed by atoms with Crippen molar-refractivity contribution in [3.05, 3.63) is 29.8 Å². The minimum Gasteiger partial charge on any atom is -0.496 e. The van der Waals surface area contributed by atoms with Gasteiger partial charge in [0.05, 0.1) is 13.5 Å². The second kappa shape index (κ2) is 5.42. The fraction of sp³-hybridized carbons (Fsp3) is 0.533. The quantitative estimate of drug-likeness (QED) is 0.869. The molecule has 0 amide bonds. The van der Waals surface area contributed by atoms with Gasteiger partial charge in [-0.3, -0.25) is 4.79 Å². The van der Waals surface area contributed by atoms with Gasteiger partial charge in [0.25, 0.3) is 0 Å². The molecule has 0 heterocycles. The van der Waals surface area contributed by atoms with Crippen molar-refractivity contribution in [1.82, 2.24) is 0 Å². The predicted molar refractivity (Wildman–Crippen MR) is 69.9 cm³/mol.